The summed E-state index contributed by atoms with van der Waals surface area (Å²) in [5, 5.41) is 0.873. The quantitative estimate of drug-likeness (QED) is 0.445. The maximum atomic E-state index is 12.4. The minimum atomic E-state index is -0.389. The number of rotatable bonds is 4. The fraction of sp³-hybridized carbons (Fsp3) is 0.160. The highest BCUT2D eigenvalue weighted by atomic mass is 16.5. The summed E-state index contributed by atoms with van der Waals surface area (Å²) in [6.45, 7) is 0.877. The molecule has 4 aromatic rings. The van der Waals surface area contributed by atoms with Crippen LogP contribution < -0.4 is 24.7 Å². The van der Waals surface area contributed by atoms with Gasteiger partial charge in [0.25, 0.3) is 0 Å². The van der Waals surface area contributed by atoms with E-state index in [2.05, 4.69) is 0 Å². The number of nitrogens with zero attached hydrogens (tertiary/aromatic N) is 1. The second-order valence-electron chi connectivity index (χ2n) is 7.31. The van der Waals surface area contributed by atoms with E-state index in [0.717, 1.165) is 27.8 Å². The standard InChI is InChI=1S/C25H21NO5/c1-28-18-10-17(11-19(12-18)29-2)26-14-22-23(30-15-26)9-8-20-21(13-24(27)31-25(20)22)16-6-4-3-5-7-16/h3-13H,14-15H2,1-2H3. The van der Waals surface area contributed by atoms with E-state index in [-0.39, 0.29) is 5.63 Å². The van der Waals surface area contributed by atoms with Gasteiger partial charge in [0.2, 0.25) is 0 Å². The maximum Gasteiger partial charge on any atom is 0.336 e. The first kappa shape index (κ1) is 19.1. The highest BCUT2D eigenvalue weighted by Crippen LogP contribution is 2.38. The molecule has 0 aliphatic carbocycles. The molecule has 156 valence electrons. The average Bonchev–Trinajstić information content (AvgIpc) is 2.83. The Labute approximate surface area is 179 Å². The lowest BCUT2D eigenvalue weighted by atomic mass is 9.99. The molecule has 0 N–H and O–H groups in total. The third kappa shape index (κ3) is 3.46. The Bertz CT molecular complexity index is 1290. The van der Waals surface area contributed by atoms with Gasteiger partial charge >= 0.3 is 5.63 Å². The van der Waals surface area contributed by atoms with E-state index in [0.29, 0.717) is 36.1 Å². The van der Waals surface area contributed by atoms with Gasteiger partial charge in [0.15, 0.2) is 6.73 Å². The highest BCUT2D eigenvalue weighted by Gasteiger charge is 2.24. The highest BCUT2D eigenvalue weighted by molar-refractivity contribution is 5.96. The molecule has 0 saturated heterocycles. The zero-order chi connectivity index (χ0) is 21.4. The minimum absolute atomic E-state index is 0.359. The van der Waals surface area contributed by atoms with Gasteiger partial charge in [-0.3, -0.25) is 0 Å². The number of benzene rings is 3. The van der Waals surface area contributed by atoms with E-state index in [4.69, 9.17) is 18.6 Å². The predicted molar refractivity (Wildman–Crippen MR) is 119 cm³/mol. The van der Waals surface area contributed by atoms with Crippen LogP contribution in [0.4, 0.5) is 5.69 Å². The molecule has 6 heteroatoms. The Hall–Kier alpha value is -3.93. The van der Waals surface area contributed by atoms with Gasteiger partial charge in [0, 0.05) is 35.3 Å². The van der Waals surface area contributed by atoms with E-state index in [1.54, 1.807) is 20.3 Å². The van der Waals surface area contributed by atoms with Gasteiger partial charge in [-0.25, -0.2) is 4.79 Å². The van der Waals surface area contributed by atoms with Gasteiger partial charge in [0.1, 0.15) is 22.8 Å². The van der Waals surface area contributed by atoms with Crippen LogP contribution in [0, 0.1) is 0 Å². The number of anilines is 1. The van der Waals surface area contributed by atoms with Gasteiger partial charge in [-0.15, -0.1) is 0 Å². The van der Waals surface area contributed by atoms with Crippen molar-refractivity contribution in [3.8, 4) is 28.4 Å². The van der Waals surface area contributed by atoms with Crippen molar-refractivity contribution in [3.05, 3.63) is 82.7 Å². The van der Waals surface area contributed by atoms with Gasteiger partial charge in [0.05, 0.1) is 26.3 Å². The van der Waals surface area contributed by atoms with Crippen molar-refractivity contribution in [2.45, 2.75) is 6.54 Å². The van der Waals surface area contributed by atoms with Crippen LogP contribution in [-0.2, 0) is 6.54 Å². The second-order valence-corrected chi connectivity index (χ2v) is 7.31. The Morgan fingerprint density at radius 1 is 0.903 bits per heavy atom. The van der Waals surface area contributed by atoms with E-state index < -0.39 is 0 Å². The molecular weight excluding hydrogens is 394 g/mol. The van der Waals surface area contributed by atoms with Crippen molar-refractivity contribution in [2.24, 2.45) is 0 Å². The minimum Gasteiger partial charge on any atom is -0.497 e. The Morgan fingerprint density at radius 2 is 1.65 bits per heavy atom. The molecule has 31 heavy (non-hydrogen) atoms. The first-order chi connectivity index (χ1) is 15.2. The largest absolute Gasteiger partial charge is 0.497 e. The summed E-state index contributed by atoms with van der Waals surface area (Å²) in [5.41, 5.74) is 3.69. The molecule has 3 aromatic carbocycles. The van der Waals surface area contributed by atoms with E-state index in [1.165, 1.54) is 0 Å². The van der Waals surface area contributed by atoms with Crippen molar-refractivity contribution < 1.29 is 18.6 Å². The van der Waals surface area contributed by atoms with Crippen molar-refractivity contribution >= 4 is 16.7 Å². The van der Waals surface area contributed by atoms with Crippen LogP contribution in [0.2, 0.25) is 0 Å². The molecule has 0 amide bonds. The van der Waals surface area contributed by atoms with Gasteiger partial charge < -0.3 is 23.5 Å². The molecule has 0 spiro atoms. The molecule has 6 nitrogen and oxygen atoms in total. The van der Waals surface area contributed by atoms with Crippen molar-refractivity contribution in [1.82, 2.24) is 0 Å². The molecule has 0 bridgehead atoms. The lowest BCUT2D eigenvalue weighted by molar-refractivity contribution is 0.288. The third-order valence-electron chi connectivity index (χ3n) is 5.48. The molecule has 1 aromatic heterocycles. The summed E-state index contributed by atoms with van der Waals surface area (Å²) < 4.78 is 22.5. The SMILES string of the molecule is COc1cc(OC)cc(N2COc3ccc4c(-c5ccccc5)cc(=O)oc4c3C2)c1. The average molecular weight is 415 g/mol. The van der Waals surface area contributed by atoms with Crippen molar-refractivity contribution in [1.29, 1.82) is 0 Å². The summed E-state index contributed by atoms with van der Waals surface area (Å²) in [6.07, 6.45) is 0. The van der Waals surface area contributed by atoms with E-state index in [1.807, 2.05) is 65.6 Å². The molecular formula is C25H21NO5. The molecule has 0 unspecified atom stereocenters. The summed E-state index contributed by atoms with van der Waals surface area (Å²) in [5.74, 6) is 2.10. The number of methoxy groups -OCH3 is 2. The van der Waals surface area contributed by atoms with E-state index >= 15 is 0 Å². The van der Waals surface area contributed by atoms with Crippen LogP contribution in [0.25, 0.3) is 22.1 Å². The topological polar surface area (TPSA) is 61.1 Å². The number of ether oxygens (including phenoxy) is 3. The molecule has 0 fully saturated rings. The summed E-state index contributed by atoms with van der Waals surface area (Å²) in [7, 11) is 3.24. The monoisotopic (exact) mass is 415 g/mol. The molecule has 2 heterocycles. The van der Waals surface area contributed by atoms with Crippen molar-refractivity contribution in [2.75, 3.05) is 25.9 Å². The second kappa shape index (κ2) is 7.72. The fourth-order valence-electron chi connectivity index (χ4n) is 3.93. The zero-order valence-corrected chi connectivity index (χ0v) is 17.3. The number of fused-ring (bicyclic) bond motifs is 3. The summed E-state index contributed by atoms with van der Waals surface area (Å²) >= 11 is 0. The Kier molecular flexibility index (Phi) is 4.75. The third-order valence-corrected chi connectivity index (χ3v) is 5.48. The number of hydrogen-bond acceptors (Lipinski definition) is 6. The molecule has 1 aliphatic rings. The van der Waals surface area contributed by atoms with E-state index in [9.17, 15) is 4.79 Å². The Balaban J connectivity index is 1.63. The van der Waals surface area contributed by atoms with Crippen LogP contribution in [0.3, 0.4) is 0 Å². The predicted octanol–water partition coefficient (Wildman–Crippen LogP) is 4.83. The lowest BCUT2D eigenvalue weighted by Crippen LogP contribution is -2.32. The van der Waals surface area contributed by atoms with Gasteiger partial charge in [-0.05, 0) is 23.3 Å². The fourth-order valence-corrected chi connectivity index (χ4v) is 3.93. The molecule has 0 saturated carbocycles. The van der Waals surface area contributed by atoms with Crippen LogP contribution in [0.5, 0.6) is 17.2 Å². The van der Waals surface area contributed by atoms with Gasteiger partial charge in [-0.2, -0.15) is 0 Å². The first-order valence-corrected chi connectivity index (χ1v) is 9.92. The van der Waals surface area contributed by atoms with Gasteiger partial charge in [-0.1, -0.05) is 30.3 Å². The molecule has 0 radical (unpaired) electrons. The zero-order valence-electron chi connectivity index (χ0n) is 17.3. The van der Waals surface area contributed by atoms with Crippen LogP contribution in [0.15, 0.2) is 75.9 Å². The maximum absolute atomic E-state index is 12.4. The number of hydrogen-bond donors (Lipinski definition) is 0. The van der Waals surface area contributed by atoms with Crippen LogP contribution >= 0.6 is 0 Å². The Morgan fingerprint density at radius 3 is 2.35 bits per heavy atom. The molecule has 1 aliphatic heterocycles. The van der Waals surface area contributed by atoms with Crippen LogP contribution in [0.1, 0.15) is 5.56 Å². The smallest absolute Gasteiger partial charge is 0.336 e. The van der Waals surface area contributed by atoms with Crippen molar-refractivity contribution in [3.63, 3.8) is 0 Å². The normalized spacial score (nSPS) is 12.9. The summed E-state index contributed by atoms with van der Waals surface area (Å²) in [4.78, 5) is 14.5. The molecule has 0 atom stereocenters. The van der Waals surface area contributed by atoms with Crippen LogP contribution in [-0.4, -0.2) is 21.0 Å². The lowest BCUT2D eigenvalue weighted by Gasteiger charge is -2.31. The first-order valence-electron chi connectivity index (χ1n) is 9.92. The summed E-state index contributed by atoms with van der Waals surface area (Å²) in [6, 6.07) is 20.9. The molecule has 5 rings (SSSR count).